The third-order valence-corrected chi connectivity index (χ3v) is 2.67. The molecule has 0 radical (unpaired) electrons. The van der Waals surface area contributed by atoms with Gasteiger partial charge in [0, 0.05) is 6.07 Å². The van der Waals surface area contributed by atoms with Crippen molar-refractivity contribution in [2.24, 2.45) is 0 Å². The fraction of sp³-hybridized carbons (Fsp3) is 0.133. The van der Waals surface area contributed by atoms with Crippen LogP contribution in [0.1, 0.15) is 22.8 Å². The van der Waals surface area contributed by atoms with E-state index in [1.165, 1.54) is 0 Å². The number of carbonyl (C=O) groups is 1. The van der Waals surface area contributed by atoms with Crippen LogP contribution in [-0.2, 0) is 6.42 Å². The molecule has 4 heteroatoms. The van der Waals surface area contributed by atoms with Gasteiger partial charge < -0.3 is 4.74 Å². The Hall–Kier alpha value is -2.23. The molecule has 0 aromatic heterocycles. The van der Waals surface area contributed by atoms with Crippen molar-refractivity contribution >= 4 is 5.97 Å². The highest BCUT2D eigenvalue weighted by Gasteiger charge is 2.14. The van der Waals surface area contributed by atoms with E-state index >= 15 is 0 Å². The molecule has 98 valence electrons. The summed E-state index contributed by atoms with van der Waals surface area (Å²) in [4.78, 5) is 11.8. The maximum atomic E-state index is 13.4. The van der Waals surface area contributed by atoms with Crippen LogP contribution in [0.25, 0.3) is 0 Å². The first-order valence-electron chi connectivity index (χ1n) is 5.86. The van der Waals surface area contributed by atoms with Crippen LogP contribution in [-0.4, -0.2) is 5.97 Å². The summed E-state index contributed by atoms with van der Waals surface area (Å²) in [6, 6.07) is 9.70. The summed E-state index contributed by atoms with van der Waals surface area (Å²) in [6.45, 7) is 1.97. The van der Waals surface area contributed by atoms with Crippen molar-refractivity contribution in [2.75, 3.05) is 0 Å². The first-order valence-corrected chi connectivity index (χ1v) is 5.86. The van der Waals surface area contributed by atoms with E-state index in [9.17, 15) is 13.6 Å². The highest BCUT2D eigenvalue weighted by atomic mass is 19.1. The Labute approximate surface area is 109 Å². The van der Waals surface area contributed by atoms with Crippen LogP contribution in [0.15, 0.2) is 42.5 Å². The average Bonchev–Trinajstić information content (AvgIpc) is 2.38. The van der Waals surface area contributed by atoms with Crippen LogP contribution < -0.4 is 4.74 Å². The number of rotatable bonds is 3. The minimum atomic E-state index is -0.934. The van der Waals surface area contributed by atoms with Crippen LogP contribution in [0.4, 0.5) is 8.78 Å². The largest absolute Gasteiger partial charge is 0.423 e. The lowest BCUT2D eigenvalue weighted by atomic mass is 10.1. The van der Waals surface area contributed by atoms with Crippen LogP contribution in [0.5, 0.6) is 5.75 Å². The second-order valence-corrected chi connectivity index (χ2v) is 4.01. The topological polar surface area (TPSA) is 26.3 Å². The van der Waals surface area contributed by atoms with Gasteiger partial charge in [-0.25, -0.2) is 13.6 Å². The van der Waals surface area contributed by atoms with Gasteiger partial charge in [0.2, 0.25) is 0 Å². The fourth-order valence-electron chi connectivity index (χ4n) is 1.65. The summed E-state index contributed by atoms with van der Waals surface area (Å²) in [5.74, 6) is -2.17. The summed E-state index contributed by atoms with van der Waals surface area (Å²) in [6.07, 6.45) is 0.802. The van der Waals surface area contributed by atoms with E-state index in [1.54, 1.807) is 18.2 Å². The maximum Gasteiger partial charge on any atom is 0.346 e. The first-order chi connectivity index (χ1) is 9.10. The van der Waals surface area contributed by atoms with Crippen LogP contribution in [0.3, 0.4) is 0 Å². The third-order valence-electron chi connectivity index (χ3n) is 2.67. The van der Waals surface area contributed by atoms with Gasteiger partial charge in [0.1, 0.15) is 17.4 Å². The number of carbonyl (C=O) groups excluding carboxylic acids is 1. The van der Waals surface area contributed by atoms with Gasteiger partial charge in [-0.15, -0.1) is 0 Å². The van der Waals surface area contributed by atoms with Gasteiger partial charge in [-0.1, -0.05) is 19.1 Å². The summed E-state index contributed by atoms with van der Waals surface area (Å²) in [7, 11) is 0. The van der Waals surface area contributed by atoms with Crippen LogP contribution in [0.2, 0.25) is 0 Å². The van der Waals surface area contributed by atoms with Gasteiger partial charge in [0.15, 0.2) is 0 Å². The monoisotopic (exact) mass is 262 g/mol. The first kappa shape index (κ1) is 13.2. The Morgan fingerprint density at radius 2 is 1.95 bits per heavy atom. The molecule has 19 heavy (non-hydrogen) atoms. The smallest absolute Gasteiger partial charge is 0.346 e. The number of halogens is 2. The molecule has 0 bridgehead atoms. The van der Waals surface area contributed by atoms with Crippen LogP contribution >= 0.6 is 0 Å². The summed E-state index contributed by atoms with van der Waals surface area (Å²) < 4.78 is 31.2. The van der Waals surface area contributed by atoms with Crippen molar-refractivity contribution in [3.8, 4) is 5.75 Å². The molecule has 0 aliphatic rings. The normalized spacial score (nSPS) is 10.3. The zero-order valence-corrected chi connectivity index (χ0v) is 10.3. The molecule has 2 aromatic carbocycles. The Morgan fingerprint density at radius 3 is 2.63 bits per heavy atom. The lowest BCUT2D eigenvalue weighted by molar-refractivity contribution is 0.0729. The summed E-state index contributed by atoms with van der Waals surface area (Å²) in [5, 5.41) is 0. The van der Waals surface area contributed by atoms with Crippen molar-refractivity contribution < 1.29 is 18.3 Å². The van der Waals surface area contributed by atoms with E-state index in [2.05, 4.69) is 0 Å². The molecule has 2 aromatic rings. The van der Waals surface area contributed by atoms with Gasteiger partial charge in [0.25, 0.3) is 0 Å². The molecule has 0 saturated heterocycles. The lowest BCUT2D eigenvalue weighted by Crippen LogP contribution is -2.11. The molecule has 0 fully saturated rings. The van der Waals surface area contributed by atoms with E-state index in [0.29, 0.717) is 11.8 Å². The molecule has 0 spiro atoms. The molecule has 0 N–H and O–H groups in total. The number of aryl methyl sites for hydroxylation is 1. The number of hydrogen-bond donors (Lipinski definition) is 0. The van der Waals surface area contributed by atoms with Gasteiger partial charge in [0.05, 0.1) is 5.56 Å². The number of benzene rings is 2. The molecule has 0 amide bonds. The zero-order valence-electron chi connectivity index (χ0n) is 10.3. The van der Waals surface area contributed by atoms with Crippen LogP contribution in [0, 0.1) is 11.6 Å². The number of hydrogen-bond acceptors (Lipinski definition) is 2. The van der Waals surface area contributed by atoms with Gasteiger partial charge in [-0.05, 0) is 36.2 Å². The van der Waals surface area contributed by atoms with Gasteiger partial charge in [-0.2, -0.15) is 0 Å². The third kappa shape index (κ3) is 3.16. The Bertz CT molecular complexity index is 609. The van der Waals surface area contributed by atoms with Crippen molar-refractivity contribution in [1.29, 1.82) is 0 Å². The second-order valence-electron chi connectivity index (χ2n) is 4.01. The molecule has 0 heterocycles. The predicted octanol–water partition coefficient (Wildman–Crippen LogP) is 3.75. The van der Waals surface area contributed by atoms with E-state index in [4.69, 9.17) is 4.74 Å². The molecule has 0 aliphatic heterocycles. The molecule has 0 aliphatic carbocycles. The average molecular weight is 262 g/mol. The van der Waals surface area contributed by atoms with Gasteiger partial charge >= 0.3 is 5.97 Å². The van der Waals surface area contributed by atoms with Crippen molar-refractivity contribution in [1.82, 2.24) is 0 Å². The summed E-state index contributed by atoms with van der Waals surface area (Å²) in [5.41, 5.74) is 0.716. The Morgan fingerprint density at radius 1 is 1.16 bits per heavy atom. The zero-order chi connectivity index (χ0) is 13.8. The molecule has 2 nitrogen and oxygen atoms in total. The molecule has 0 unspecified atom stereocenters. The minimum absolute atomic E-state index is 0.289. The number of ether oxygens (including phenoxy) is 1. The predicted molar refractivity (Wildman–Crippen MR) is 67.1 cm³/mol. The van der Waals surface area contributed by atoms with E-state index in [1.807, 2.05) is 13.0 Å². The van der Waals surface area contributed by atoms with Crippen molar-refractivity contribution in [2.45, 2.75) is 13.3 Å². The number of esters is 1. The lowest BCUT2D eigenvalue weighted by Gasteiger charge is -2.06. The quantitative estimate of drug-likeness (QED) is 0.622. The second kappa shape index (κ2) is 5.61. The SMILES string of the molecule is CCc1cccc(OC(=O)c2ccc(F)cc2F)c1. The van der Waals surface area contributed by atoms with E-state index in [-0.39, 0.29) is 5.56 Å². The highest BCUT2D eigenvalue weighted by molar-refractivity contribution is 5.91. The standard InChI is InChI=1S/C15H12F2O2/c1-2-10-4-3-5-12(8-10)19-15(18)13-7-6-11(16)9-14(13)17/h3-9H,2H2,1H3. The molecule has 2 rings (SSSR count). The van der Waals surface area contributed by atoms with Gasteiger partial charge in [-0.3, -0.25) is 0 Å². The van der Waals surface area contributed by atoms with E-state index < -0.39 is 17.6 Å². The van der Waals surface area contributed by atoms with E-state index in [0.717, 1.165) is 24.1 Å². The Kier molecular flexibility index (Phi) is 3.90. The molecular formula is C15H12F2O2. The molecular weight excluding hydrogens is 250 g/mol. The Balaban J connectivity index is 2.20. The molecule has 0 atom stereocenters. The fourth-order valence-corrected chi connectivity index (χ4v) is 1.65. The van der Waals surface area contributed by atoms with Crippen molar-refractivity contribution in [3.05, 3.63) is 65.2 Å². The minimum Gasteiger partial charge on any atom is -0.423 e. The van der Waals surface area contributed by atoms with Crippen molar-refractivity contribution in [3.63, 3.8) is 0 Å². The summed E-state index contributed by atoms with van der Waals surface area (Å²) >= 11 is 0. The maximum absolute atomic E-state index is 13.4. The molecule has 0 saturated carbocycles. The highest BCUT2D eigenvalue weighted by Crippen LogP contribution is 2.17.